The predicted octanol–water partition coefficient (Wildman–Crippen LogP) is 3.56. The van der Waals surface area contributed by atoms with E-state index in [2.05, 4.69) is 78.0 Å². The molecule has 0 bridgehead atoms. The van der Waals surface area contributed by atoms with Gasteiger partial charge in [-0.25, -0.2) is 0 Å². The van der Waals surface area contributed by atoms with Crippen LogP contribution in [0.2, 0.25) is 0 Å². The summed E-state index contributed by atoms with van der Waals surface area (Å²) in [5, 5.41) is 3.59. The lowest BCUT2D eigenvalue weighted by atomic mass is 9.41. The first-order valence-corrected chi connectivity index (χ1v) is 9.41. The number of thiophene rings is 2. The molecule has 23 heavy (non-hydrogen) atoms. The van der Waals surface area contributed by atoms with Gasteiger partial charge in [-0.15, -0.1) is 11.3 Å². The molecule has 4 aromatic rings. The second kappa shape index (κ2) is 4.98. The summed E-state index contributed by atoms with van der Waals surface area (Å²) in [6, 6.07) is 21.9. The maximum absolute atomic E-state index is 2.37. The summed E-state index contributed by atoms with van der Waals surface area (Å²) in [7, 11) is 2.20. The van der Waals surface area contributed by atoms with E-state index in [-0.39, 0.29) is 0 Å². The Bertz CT molecular complexity index is 1000. The molecule has 4 heteroatoms. The third-order valence-electron chi connectivity index (χ3n) is 4.62. The maximum atomic E-state index is 2.37. The van der Waals surface area contributed by atoms with Crippen molar-refractivity contribution in [2.45, 2.75) is 0 Å². The fourth-order valence-corrected chi connectivity index (χ4v) is 6.09. The Morgan fingerprint density at radius 1 is 0.870 bits per heavy atom. The number of nitrogens with zero attached hydrogens (tertiary/aromatic N) is 1. The summed E-state index contributed by atoms with van der Waals surface area (Å²) in [4.78, 5) is 2.37. The van der Waals surface area contributed by atoms with E-state index in [1.165, 1.54) is 36.5 Å². The van der Waals surface area contributed by atoms with E-state index < -0.39 is 0 Å². The summed E-state index contributed by atoms with van der Waals surface area (Å²) in [5.41, 5.74) is 4.11. The Morgan fingerprint density at radius 3 is 2.52 bits per heavy atom. The molecule has 5 rings (SSSR count). The van der Waals surface area contributed by atoms with Crippen LogP contribution in [-0.2, 0) is 0 Å². The zero-order chi connectivity index (χ0) is 15.4. The second-order valence-corrected chi connectivity index (χ2v) is 7.92. The van der Waals surface area contributed by atoms with Crippen LogP contribution in [0.25, 0.3) is 10.1 Å². The molecule has 0 radical (unpaired) electrons. The highest BCUT2D eigenvalue weighted by Gasteiger charge is 2.37. The van der Waals surface area contributed by atoms with E-state index >= 15 is 0 Å². The third kappa shape index (κ3) is 1.85. The Hall–Kier alpha value is -2.04. The van der Waals surface area contributed by atoms with Crippen LogP contribution in [0.3, 0.4) is 0 Å². The molecule has 0 spiro atoms. The zero-order valence-corrected chi connectivity index (χ0v) is 14.3. The number of fused-ring (bicyclic) bond motifs is 4. The minimum absolute atomic E-state index is 0.356. The van der Waals surface area contributed by atoms with Crippen molar-refractivity contribution >= 4 is 65.9 Å². The first-order chi connectivity index (χ1) is 11.3. The molecule has 0 unspecified atom stereocenters. The van der Waals surface area contributed by atoms with Crippen molar-refractivity contribution in [2.24, 2.45) is 0 Å². The molecule has 0 atom stereocenters. The average Bonchev–Trinajstić information content (AvgIpc) is 3.21. The van der Waals surface area contributed by atoms with Gasteiger partial charge in [0.05, 0.1) is 5.69 Å². The molecule has 1 aliphatic heterocycles. The van der Waals surface area contributed by atoms with Crippen LogP contribution in [0.5, 0.6) is 0 Å². The largest absolute Gasteiger partial charge is 0.344 e. The van der Waals surface area contributed by atoms with Crippen LogP contribution in [0.1, 0.15) is 0 Å². The van der Waals surface area contributed by atoms with Gasteiger partial charge >= 0.3 is 0 Å². The number of rotatable bonds is 1. The fourth-order valence-electron chi connectivity index (χ4n) is 3.59. The second-order valence-electron chi connectivity index (χ2n) is 5.88. The lowest BCUT2D eigenvalue weighted by Gasteiger charge is -2.29. The number of hydrogen-bond donors (Lipinski definition) is 0. The van der Waals surface area contributed by atoms with Crippen LogP contribution in [-0.4, -0.2) is 13.8 Å². The monoisotopic (exact) mass is 331 g/mol. The van der Waals surface area contributed by atoms with Crippen LogP contribution in [0.4, 0.5) is 11.4 Å². The smallest absolute Gasteiger partial charge is 0.272 e. The van der Waals surface area contributed by atoms with Gasteiger partial charge in [0.15, 0.2) is 0 Å². The molecule has 0 amide bonds. The molecule has 0 aliphatic carbocycles. The van der Waals surface area contributed by atoms with Gasteiger partial charge < -0.3 is 4.90 Å². The number of benzene rings is 2. The topological polar surface area (TPSA) is 3.24 Å². The SMILES string of the molecule is CN1c2ccsc2B(c2ccccc2)c2sc3ccccc3c21. The van der Waals surface area contributed by atoms with Crippen molar-refractivity contribution in [3.63, 3.8) is 0 Å². The minimum atomic E-state index is 0.356. The lowest BCUT2D eigenvalue weighted by molar-refractivity contribution is 1.25. The van der Waals surface area contributed by atoms with E-state index in [4.69, 9.17) is 0 Å². The molecule has 1 nitrogen and oxygen atoms in total. The molecule has 2 aromatic heterocycles. The van der Waals surface area contributed by atoms with Crippen LogP contribution in [0, 0.1) is 0 Å². The van der Waals surface area contributed by atoms with Gasteiger partial charge in [-0.05, 0) is 17.5 Å². The van der Waals surface area contributed by atoms with E-state index in [1.807, 2.05) is 22.7 Å². The molecule has 2 aromatic carbocycles. The number of anilines is 2. The Balaban J connectivity index is 1.86. The molecular formula is C19H14BNS2. The van der Waals surface area contributed by atoms with Gasteiger partial charge in [-0.2, -0.15) is 11.3 Å². The molecule has 0 N–H and O–H groups in total. The van der Waals surface area contributed by atoms with E-state index in [0.717, 1.165) is 0 Å². The molecule has 3 heterocycles. The number of hydrogen-bond acceptors (Lipinski definition) is 3. The summed E-state index contributed by atoms with van der Waals surface area (Å²) in [6.07, 6.45) is 0. The standard InChI is InChI=1S/C19H14BNS2/c1-21-15-11-12-22-18(15)20(13-7-3-2-4-8-13)19-17(21)14-9-5-6-10-16(14)23-19/h2-12H,1H3. The van der Waals surface area contributed by atoms with E-state index in [0.29, 0.717) is 6.71 Å². The maximum Gasteiger partial charge on any atom is 0.272 e. The quantitative estimate of drug-likeness (QED) is 0.482. The summed E-state index contributed by atoms with van der Waals surface area (Å²) < 4.78 is 4.30. The minimum Gasteiger partial charge on any atom is -0.344 e. The Kier molecular flexibility index (Phi) is 2.90. The molecule has 0 fully saturated rings. The molecule has 1 aliphatic rings. The summed E-state index contributed by atoms with van der Waals surface area (Å²) >= 11 is 3.81. The van der Waals surface area contributed by atoms with Crippen LogP contribution < -0.4 is 19.9 Å². The van der Waals surface area contributed by atoms with Crippen molar-refractivity contribution < 1.29 is 0 Å². The highest BCUT2D eigenvalue weighted by molar-refractivity contribution is 7.38. The Morgan fingerprint density at radius 2 is 1.65 bits per heavy atom. The molecule has 110 valence electrons. The highest BCUT2D eigenvalue weighted by atomic mass is 32.1. The molecule has 0 saturated heterocycles. The summed E-state index contributed by atoms with van der Waals surface area (Å²) in [5.74, 6) is 0. The van der Waals surface area contributed by atoms with Crippen molar-refractivity contribution in [3.05, 3.63) is 66.0 Å². The summed E-state index contributed by atoms with van der Waals surface area (Å²) in [6.45, 7) is 0.356. The molecular weight excluding hydrogens is 317 g/mol. The third-order valence-corrected chi connectivity index (χ3v) is 6.82. The van der Waals surface area contributed by atoms with Gasteiger partial charge in [-0.3, -0.25) is 0 Å². The zero-order valence-electron chi connectivity index (χ0n) is 12.7. The van der Waals surface area contributed by atoms with Crippen molar-refractivity contribution in [3.8, 4) is 0 Å². The normalized spacial score (nSPS) is 13.3. The van der Waals surface area contributed by atoms with E-state index in [1.54, 1.807) is 0 Å². The van der Waals surface area contributed by atoms with Crippen molar-refractivity contribution in [1.82, 2.24) is 0 Å². The Labute approximate surface area is 143 Å². The van der Waals surface area contributed by atoms with Gasteiger partial charge in [0.25, 0.3) is 6.71 Å². The first-order valence-electron chi connectivity index (χ1n) is 7.72. The van der Waals surface area contributed by atoms with Crippen molar-refractivity contribution in [1.29, 1.82) is 0 Å². The highest BCUT2D eigenvalue weighted by Crippen LogP contribution is 2.38. The van der Waals surface area contributed by atoms with Crippen LogP contribution >= 0.6 is 22.7 Å². The van der Waals surface area contributed by atoms with Gasteiger partial charge in [0, 0.05) is 32.4 Å². The molecule has 0 saturated carbocycles. The van der Waals surface area contributed by atoms with E-state index in [9.17, 15) is 0 Å². The lowest BCUT2D eigenvalue weighted by Crippen LogP contribution is -2.54. The van der Waals surface area contributed by atoms with Gasteiger partial charge in [-0.1, -0.05) is 54.0 Å². The van der Waals surface area contributed by atoms with Crippen LogP contribution in [0.15, 0.2) is 66.0 Å². The average molecular weight is 331 g/mol. The predicted molar refractivity (Wildman–Crippen MR) is 105 cm³/mol. The first kappa shape index (κ1) is 13.4. The fraction of sp³-hybridized carbons (Fsp3) is 0.0526. The van der Waals surface area contributed by atoms with Gasteiger partial charge in [0.1, 0.15) is 0 Å². The van der Waals surface area contributed by atoms with Gasteiger partial charge in [0.2, 0.25) is 0 Å². The van der Waals surface area contributed by atoms with Crippen molar-refractivity contribution in [2.75, 3.05) is 11.9 Å².